The third kappa shape index (κ3) is 6.59. The lowest BCUT2D eigenvalue weighted by Gasteiger charge is -2.22. The van der Waals surface area contributed by atoms with E-state index in [9.17, 15) is 19.1 Å². The van der Waals surface area contributed by atoms with E-state index in [1.807, 2.05) is 6.26 Å². The minimum Gasteiger partial charge on any atom is -0.387 e. The van der Waals surface area contributed by atoms with Gasteiger partial charge in [-0.25, -0.2) is 4.39 Å². The highest BCUT2D eigenvalue weighted by atomic mass is 32.2. The fraction of sp³-hybridized carbons (Fsp3) is 0.429. The van der Waals surface area contributed by atoms with Gasteiger partial charge in [-0.05, 0) is 31.4 Å². The van der Waals surface area contributed by atoms with Crippen molar-refractivity contribution in [1.29, 1.82) is 0 Å². The van der Waals surface area contributed by atoms with Crippen LogP contribution in [0.5, 0.6) is 0 Å². The molecule has 0 aliphatic heterocycles. The first-order valence-electron chi connectivity index (χ1n) is 6.36. The first kappa shape index (κ1) is 17.5. The average molecular weight is 314 g/mol. The fourth-order valence-electron chi connectivity index (χ4n) is 1.61. The highest BCUT2D eigenvalue weighted by molar-refractivity contribution is 7.98. The second-order valence-electron chi connectivity index (χ2n) is 4.90. The Morgan fingerprint density at radius 3 is 2.71 bits per heavy atom. The maximum Gasteiger partial charge on any atom is 0.251 e. The Morgan fingerprint density at radius 1 is 1.38 bits per heavy atom. The number of hydrogen-bond donors (Lipinski definition) is 3. The number of carbonyl (C=O) groups excluding carboxylic acids is 2. The smallest absolute Gasteiger partial charge is 0.251 e. The standard InChI is InChI=1S/C14H19FN2O3S/c1-14(20,9-21-2)8-17-12(18)7-16-13(19)10-4-3-5-11(15)6-10/h3-6,20H,7-9H2,1-2H3,(H,16,19)(H,17,18). The van der Waals surface area contributed by atoms with Gasteiger partial charge in [0.1, 0.15) is 5.82 Å². The van der Waals surface area contributed by atoms with Crippen molar-refractivity contribution < 1.29 is 19.1 Å². The van der Waals surface area contributed by atoms with E-state index in [4.69, 9.17) is 0 Å². The van der Waals surface area contributed by atoms with Crippen LogP contribution in [0.25, 0.3) is 0 Å². The molecule has 1 atom stereocenters. The molecule has 1 rings (SSSR count). The summed E-state index contributed by atoms with van der Waals surface area (Å²) in [5.74, 6) is -0.968. The Bertz CT molecular complexity index is 509. The van der Waals surface area contributed by atoms with E-state index in [0.717, 1.165) is 6.07 Å². The number of amides is 2. The van der Waals surface area contributed by atoms with E-state index in [0.29, 0.717) is 5.75 Å². The summed E-state index contributed by atoms with van der Waals surface area (Å²) in [6, 6.07) is 5.21. The van der Waals surface area contributed by atoms with Crippen LogP contribution in [0.2, 0.25) is 0 Å². The molecule has 5 nitrogen and oxygen atoms in total. The molecule has 0 radical (unpaired) electrons. The number of benzene rings is 1. The number of hydrogen-bond acceptors (Lipinski definition) is 4. The molecule has 0 aliphatic carbocycles. The van der Waals surface area contributed by atoms with Crippen LogP contribution in [0.3, 0.4) is 0 Å². The van der Waals surface area contributed by atoms with Gasteiger partial charge in [0.2, 0.25) is 5.91 Å². The second-order valence-corrected chi connectivity index (χ2v) is 5.77. The Hall–Kier alpha value is -1.60. The molecule has 1 aromatic carbocycles. The lowest BCUT2D eigenvalue weighted by molar-refractivity contribution is -0.121. The van der Waals surface area contributed by atoms with Crippen molar-refractivity contribution in [1.82, 2.24) is 10.6 Å². The second kappa shape index (κ2) is 7.99. The number of halogens is 1. The number of rotatable bonds is 7. The highest BCUT2D eigenvalue weighted by Gasteiger charge is 2.20. The van der Waals surface area contributed by atoms with E-state index >= 15 is 0 Å². The lowest BCUT2D eigenvalue weighted by atomic mass is 10.1. The van der Waals surface area contributed by atoms with Crippen molar-refractivity contribution in [2.45, 2.75) is 12.5 Å². The SMILES string of the molecule is CSCC(C)(O)CNC(=O)CNC(=O)c1cccc(F)c1. The molecular weight excluding hydrogens is 295 g/mol. The third-order valence-electron chi connectivity index (χ3n) is 2.62. The van der Waals surface area contributed by atoms with Gasteiger partial charge in [-0.15, -0.1) is 0 Å². The molecule has 1 aromatic rings. The molecule has 21 heavy (non-hydrogen) atoms. The van der Waals surface area contributed by atoms with Crippen LogP contribution < -0.4 is 10.6 Å². The van der Waals surface area contributed by atoms with E-state index < -0.39 is 23.2 Å². The molecule has 0 aromatic heterocycles. The summed E-state index contributed by atoms with van der Waals surface area (Å²) in [7, 11) is 0. The molecule has 0 spiro atoms. The highest BCUT2D eigenvalue weighted by Crippen LogP contribution is 2.08. The molecule has 3 N–H and O–H groups in total. The zero-order valence-corrected chi connectivity index (χ0v) is 12.8. The van der Waals surface area contributed by atoms with Crippen LogP contribution >= 0.6 is 11.8 Å². The van der Waals surface area contributed by atoms with Gasteiger partial charge < -0.3 is 15.7 Å². The number of thioether (sulfide) groups is 1. The van der Waals surface area contributed by atoms with E-state index in [2.05, 4.69) is 10.6 Å². The van der Waals surface area contributed by atoms with Gasteiger partial charge in [-0.2, -0.15) is 11.8 Å². The fourth-order valence-corrected chi connectivity index (χ4v) is 2.33. The average Bonchev–Trinajstić information content (AvgIpc) is 2.42. The molecule has 2 amide bonds. The zero-order chi connectivity index (χ0) is 15.9. The van der Waals surface area contributed by atoms with Crippen LogP contribution in [0.15, 0.2) is 24.3 Å². The Balaban J connectivity index is 2.38. The van der Waals surface area contributed by atoms with Gasteiger partial charge in [-0.1, -0.05) is 6.07 Å². The predicted octanol–water partition coefficient (Wildman–Crippen LogP) is 0.786. The van der Waals surface area contributed by atoms with Crippen LogP contribution in [0.4, 0.5) is 4.39 Å². The molecule has 0 aliphatic rings. The molecule has 0 saturated heterocycles. The largest absolute Gasteiger partial charge is 0.387 e. The van der Waals surface area contributed by atoms with Crippen molar-refractivity contribution >= 4 is 23.6 Å². The maximum absolute atomic E-state index is 13.0. The van der Waals surface area contributed by atoms with Gasteiger partial charge in [-0.3, -0.25) is 9.59 Å². The summed E-state index contributed by atoms with van der Waals surface area (Å²) >= 11 is 1.47. The van der Waals surface area contributed by atoms with E-state index in [-0.39, 0.29) is 18.7 Å². The summed E-state index contributed by atoms with van der Waals surface area (Å²) in [6.07, 6.45) is 1.86. The minimum atomic E-state index is -0.998. The van der Waals surface area contributed by atoms with Crippen LogP contribution in [0.1, 0.15) is 17.3 Å². The molecule has 0 saturated carbocycles. The van der Waals surface area contributed by atoms with Crippen molar-refractivity contribution in [2.75, 3.05) is 25.1 Å². The molecule has 0 fully saturated rings. The van der Waals surface area contributed by atoms with Crippen molar-refractivity contribution in [3.8, 4) is 0 Å². The Labute approximate surface area is 127 Å². The first-order chi connectivity index (χ1) is 9.84. The van der Waals surface area contributed by atoms with E-state index in [1.54, 1.807) is 6.92 Å². The maximum atomic E-state index is 13.0. The summed E-state index contributed by atoms with van der Waals surface area (Å²) in [5.41, 5.74) is -0.848. The molecular formula is C14H19FN2O3S. The molecule has 0 bridgehead atoms. The van der Waals surface area contributed by atoms with Gasteiger partial charge in [0.25, 0.3) is 5.91 Å². The van der Waals surface area contributed by atoms with Gasteiger partial charge in [0.15, 0.2) is 0 Å². The quantitative estimate of drug-likeness (QED) is 0.695. The summed E-state index contributed by atoms with van der Waals surface area (Å²) in [4.78, 5) is 23.3. The summed E-state index contributed by atoms with van der Waals surface area (Å²) in [5, 5.41) is 14.8. The van der Waals surface area contributed by atoms with Gasteiger partial charge in [0, 0.05) is 17.9 Å². The number of carbonyl (C=O) groups is 2. The minimum absolute atomic E-state index is 0.0997. The third-order valence-corrected chi connectivity index (χ3v) is 3.53. The Kier molecular flexibility index (Phi) is 6.64. The first-order valence-corrected chi connectivity index (χ1v) is 7.75. The van der Waals surface area contributed by atoms with Crippen LogP contribution in [-0.4, -0.2) is 47.6 Å². The van der Waals surface area contributed by atoms with Crippen LogP contribution in [-0.2, 0) is 4.79 Å². The topological polar surface area (TPSA) is 78.4 Å². The number of aliphatic hydroxyl groups is 1. The normalized spacial score (nSPS) is 13.3. The van der Waals surface area contributed by atoms with Crippen LogP contribution in [0, 0.1) is 5.82 Å². The molecule has 116 valence electrons. The van der Waals surface area contributed by atoms with Crippen molar-refractivity contribution in [2.24, 2.45) is 0 Å². The summed E-state index contributed by atoms with van der Waals surface area (Å²) < 4.78 is 13.0. The molecule has 7 heteroatoms. The van der Waals surface area contributed by atoms with Gasteiger partial charge >= 0.3 is 0 Å². The van der Waals surface area contributed by atoms with Crippen molar-refractivity contribution in [3.05, 3.63) is 35.6 Å². The Morgan fingerprint density at radius 2 is 2.10 bits per heavy atom. The predicted molar refractivity (Wildman–Crippen MR) is 80.7 cm³/mol. The lowest BCUT2D eigenvalue weighted by Crippen LogP contribution is -2.45. The molecule has 1 unspecified atom stereocenters. The van der Waals surface area contributed by atoms with Gasteiger partial charge in [0.05, 0.1) is 12.1 Å². The number of nitrogens with one attached hydrogen (secondary N) is 2. The monoisotopic (exact) mass is 314 g/mol. The summed E-state index contributed by atoms with van der Waals surface area (Å²) in [6.45, 7) is 1.49. The van der Waals surface area contributed by atoms with E-state index in [1.165, 1.54) is 30.0 Å². The molecule has 0 heterocycles. The van der Waals surface area contributed by atoms with Crippen molar-refractivity contribution in [3.63, 3.8) is 0 Å². The zero-order valence-electron chi connectivity index (χ0n) is 12.0.